The minimum Gasteiger partial charge on any atom is -0.503 e. The third kappa shape index (κ3) is 3.12. The average molecular weight is 295 g/mol. The highest BCUT2D eigenvalue weighted by molar-refractivity contribution is 9.10. The van der Waals surface area contributed by atoms with Crippen molar-refractivity contribution in [3.05, 3.63) is 34.8 Å². The van der Waals surface area contributed by atoms with Crippen molar-refractivity contribution in [1.82, 2.24) is 0 Å². The molecular weight excluding hydrogens is 281 g/mol. The van der Waals surface area contributed by atoms with E-state index in [1.54, 1.807) is 18.2 Å². The molecule has 15 heavy (non-hydrogen) atoms. The lowest BCUT2D eigenvalue weighted by molar-refractivity contribution is 0.371. The first-order valence-corrected chi connectivity index (χ1v) is 4.84. The predicted molar refractivity (Wildman–Crippen MR) is 66.7 cm³/mol. The van der Waals surface area contributed by atoms with E-state index in [0.29, 0.717) is 10.2 Å². The fourth-order valence-corrected chi connectivity index (χ4v) is 1.54. The van der Waals surface area contributed by atoms with Gasteiger partial charge in [0.2, 0.25) is 0 Å². The van der Waals surface area contributed by atoms with E-state index in [2.05, 4.69) is 22.5 Å². The lowest BCUT2D eigenvalue weighted by Gasteiger charge is -2.11. The lowest BCUT2D eigenvalue weighted by atomic mass is 10.1. The number of benzene rings is 1. The van der Waals surface area contributed by atoms with E-state index >= 15 is 0 Å². The van der Waals surface area contributed by atoms with Crippen molar-refractivity contribution in [2.75, 3.05) is 7.11 Å². The molecule has 1 atom stereocenters. The minimum atomic E-state index is -0.263. The van der Waals surface area contributed by atoms with Gasteiger partial charge in [-0.2, -0.15) is 0 Å². The summed E-state index contributed by atoms with van der Waals surface area (Å²) in [4.78, 5) is 0. The summed E-state index contributed by atoms with van der Waals surface area (Å²) < 4.78 is 5.55. The van der Waals surface area contributed by atoms with Crippen LogP contribution in [0, 0.1) is 0 Å². The van der Waals surface area contributed by atoms with E-state index in [4.69, 9.17) is 10.5 Å². The molecule has 5 heteroatoms. The van der Waals surface area contributed by atoms with Gasteiger partial charge in [0.05, 0.1) is 11.6 Å². The van der Waals surface area contributed by atoms with E-state index in [1.807, 2.05) is 0 Å². The quantitative estimate of drug-likeness (QED) is 0.843. The van der Waals surface area contributed by atoms with Crippen LogP contribution < -0.4 is 10.5 Å². The van der Waals surface area contributed by atoms with Crippen LogP contribution in [0.2, 0.25) is 0 Å². The zero-order chi connectivity index (χ0) is 10.7. The molecule has 0 aromatic heterocycles. The molecule has 0 aliphatic carbocycles. The Bertz CT molecular complexity index is 358. The zero-order valence-corrected chi connectivity index (χ0v) is 10.6. The van der Waals surface area contributed by atoms with Gasteiger partial charge < -0.3 is 15.6 Å². The van der Waals surface area contributed by atoms with Crippen molar-refractivity contribution in [3.8, 4) is 11.5 Å². The van der Waals surface area contributed by atoms with Crippen LogP contribution in [0.5, 0.6) is 11.5 Å². The highest BCUT2D eigenvalue weighted by Gasteiger charge is 2.11. The van der Waals surface area contributed by atoms with Crippen LogP contribution in [0.15, 0.2) is 29.3 Å². The van der Waals surface area contributed by atoms with Gasteiger partial charge in [-0.1, -0.05) is 6.08 Å². The summed E-state index contributed by atoms with van der Waals surface area (Å²) in [6.07, 6.45) is 1.62. The molecule has 1 aromatic rings. The van der Waals surface area contributed by atoms with Gasteiger partial charge in [-0.3, -0.25) is 0 Å². The maximum absolute atomic E-state index is 9.54. The van der Waals surface area contributed by atoms with Crippen molar-refractivity contribution in [2.45, 2.75) is 6.04 Å². The van der Waals surface area contributed by atoms with Crippen LogP contribution in [0.4, 0.5) is 0 Å². The number of rotatable bonds is 3. The molecule has 84 valence electrons. The average Bonchev–Trinajstić information content (AvgIpc) is 2.20. The van der Waals surface area contributed by atoms with Crippen LogP contribution in [0.1, 0.15) is 11.6 Å². The molecule has 3 N–H and O–H groups in total. The smallest absolute Gasteiger partial charge is 0.172 e. The van der Waals surface area contributed by atoms with E-state index < -0.39 is 0 Å². The fourth-order valence-electron chi connectivity index (χ4n) is 1.08. The van der Waals surface area contributed by atoms with Gasteiger partial charge in [-0.25, -0.2) is 0 Å². The summed E-state index contributed by atoms with van der Waals surface area (Å²) >= 11 is 3.22. The highest BCUT2D eigenvalue weighted by Crippen LogP contribution is 2.36. The first-order chi connectivity index (χ1) is 6.60. The van der Waals surface area contributed by atoms with E-state index in [-0.39, 0.29) is 24.2 Å². The Kier molecular flexibility index (Phi) is 5.72. The summed E-state index contributed by atoms with van der Waals surface area (Å²) in [6, 6.07) is 3.16. The predicted octanol–water partition coefficient (Wildman–Crippen LogP) is 2.77. The number of hydrogen-bond donors (Lipinski definition) is 2. The van der Waals surface area contributed by atoms with Gasteiger partial charge in [0.25, 0.3) is 0 Å². The lowest BCUT2D eigenvalue weighted by Crippen LogP contribution is -2.06. The second-order valence-electron chi connectivity index (χ2n) is 2.82. The number of methoxy groups -OCH3 is 1. The Morgan fingerprint density at radius 1 is 1.60 bits per heavy atom. The number of hydrogen-bond acceptors (Lipinski definition) is 3. The fraction of sp³-hybridized carbons (Fsp3) is 0.200. The third-order valence-corrected chi connectivity index (χ3v) is 2.51. The molecule has 0 aliphatic rings. The largest absolute Gasteiger partial charge is 0.503 e. The van der Waals surface area contributed by atoms with Gasteiger partial charge in [0.1, 0.15) is 0 Å². The second-order valence-corrected chi connectivity index (χ2v) is 3.67. The minimum absolute atomic E-state index is 0. The molecule has 0 amide bonds. The molecule has 0 bridgehead atoms. The van der Waals surface area contributed by atoms with Gasteiger partial charge in [0, 0.05) is 6.04 Å². The molecule has 0 aliphatic heterocycles. The van der Waals surface area contributed by atoms with E-state index in [9.17, 15) is 5.11 Å². The van der Waals surface area contributed by atoms with Crippen molar-refractivity contribution in [2.24, 2.45) is 5.73 Å². The normalized spacial score (nSPS) is 11.4. The molecule has 0 radical (unpaired) electrons. The molecule has 1 rings (SSSR count). The zero-order valence-electron chi connectivity index (χ0n) is 8.24. The van der Waals surface area contributed by atoms with Crippen molar-refractivity contribution < 1.29 is 9.84 Å². The molecule has 0 fully saturated rings. The number of halogens is 2. The van der Waals surface area contributed by atoms with Crippen molar-refractivity contribution >= 4 is 28.3 Å². The number of ether oxygens (including phenoxy) is 1. The molecule has 0 saturated carbocycles. The van der Waals surface area contributed by atoms with Crippen LogP contribution >= 0.6 is 28.3 Å². The maximum atomic E-state index is 9.54. The van der Waals surface area contributed by atoms with Crippen LogP contribution in [0.25, 0.3) is 0 Å². The van der Waals surface area contributed by atoms with E-state index in [0.717, 1.165) is 5.56 Å². The summed E-state index contributed by atoms with van der Waals surface area (Å²) in [5.41, 5.74) is 6.60. The van der Waals surface area contributed by atoms with E-state index in [1.165, 1.54) is 7.11 Å². The summed E-state index contributed by atoms with van der Waals surface area (Å²) in [5, 5.41) is 9.54. The standard InChI is InChI=1S/C10H12BrNO2.ClH/c1-3-8(12)6-4-7(11)10(13)9(5-6)14-2;/h3-5,8,13H,1,12H2,2H3;1H/t8-;/m1./s1. The van der Waals surface area contributed by atoms with Crippen LogP contribution in [-0.4, -0.2) is 12.2 Å². The summed E-state index contributed by atoms with van der Waals surface area (Å²) in [7, 11) is 1.49. The summed E-state index contributed by atoms with van der Waals surface area (Å²) in [5.74, 6) is 0.471. The van der Waals surface area contributed by atoms with Gasteiger partial charge >= 0.3 is 0 Å². The topological polar surface area (TPSA) is 55.5 Å². The van der Waals surface area contributed by atoms with Gasteiger partial charge in [-0.15, -0.1) is 19.0 Å². The van der Waals surface area contributed by atoms with Gasteiger partial charge in [-0.05, 0) is 33.6 Å². The molecule has 0 heterocycles. The number of phenolic OH excluding ortho intramolecular Hbond substituents is 1. The van der Waals surface area contributed by atoms with Crippen molar-refractivity contribution in [3.63, 3.8) is 0 Å². The molecule has 0 saturated heterocycles. The molecule has 3 nitrogen and oxygen atoms in total. The molecule has 1 aromatic carbocycles. The highest BCUT2D eigenvalue weighted by atomic mass is 79.9. The maximum Gasteiger partial charge on any atom is 0.172 e. The second kappa shape index (κ2) is 6.00. The number of nitrogens with two attached hydrogens (primary N) is 1. The van der Waals surface area contributed by atoms with Crippen molar-refractivity contribution in [1.29, 1.82) is 0 Å². The van der Waals surface area contributed by atoms with Crippen LogP contribution in [-0.2, 0) is 0 Å². The van der Waals surface area contributed by atoms with Crippen LogP contribution in [0.3, 0.4) is 0 Å². The summed E-state index contributed by atoms with van der Waals surface area (Å²) in [6.45, 7) is 3.60. The Labute approximate surface area is 103 Å². The monoisotopic (exact) mass is 293 g/mol. The number of aromatic hydroxyl groups is 1. The van der Waals surface area contributed by atoms with Gasteiger partial charge in [0.15, 0.2) is 11.5 Å². The first-order valence-electron chi connectivity index (χ1n) is 4.04. The third-order valence-electron chi connectivity index (χ3n) is 1.91. The molecule has 0 spiro atoms. The Balaban J connectivity index is 0.00000196. The number of phenols is 1. The molecular formula is C10H13BrClNO2. The Morgan fingerprint density at radius 2 is 2.20 bits per heavy atom. The molecule has 0 unspecified atom stereocenters. The Hall–Kier alpha value is -0.710. The first kappa shape index (κ1) is 14.3. The SMILES string of the molecule is C=C[C@@H](N)c1cc(Br)c(O)c(OC)c1.Cl. The Morgan fingerprint density at radius 3 is 2.67 bits per heavy atom.